The van der Waals surface area contributed by atoms with Gasteiger partial charge in [0, 0.05) is 11.1 Å². The summed E-state index contributed by atoms with van der Waals surface area (Å²) in [5, 5.41) is -0.183. The first-order chi connectivity index (χ1) is 34.1. The topological polar surface area (TPSA) is 115 Å². The summed E-state index contributed by atoms with van der Waals surface area (Å²) in [6, 6.07) is 32.7. The summed E-state index contributed by atoms with van der Waals surface area (Å²) in [7, 11) is -10.1. The van der Waals surface area contributed by atoms with Gasteiger partial charge in [-0.2, -0.15) is 0 Å². The molecule has 0 unspecified atom stereocenters. The number of hydrogen-bond acceptors (Lipinski definition) is 2. The number of benzene rings is 6. The molecule has 6 nitrogen and oxygen atoms in total. The van der Waals surface area contributed by atoms with Crippen LogP contribution in [0.1, 0.15) is 211 Å². The SMILES string of the molecule is CC(C)(C)c1ccc(-c2c(-c3ccc(P(=O)(O)O)cc3)c(-c3ccc(C(C)(C)C)cc3C(C)(C)C)c(-c3ccc(C(C)(C)C)cc3C(C)(C)C)c(P(=O)(O)O)c2-c2ccc(C(C)(C)C)cc2C(C)(C)C)c(C(C)(C)C)c1. The van der Waals surface area contributed by atoms with Crippen LogP contribution in [0.3, 0.4) is 0 Å². The van der Waals surface area contributed by atoms with Crippen molar-refractivity contribution in [1.29, 1.82) is 0 Å². The van der Waals surface area contributed by atoms with E-state index in [2.05, 4.69) is 239 Å². The lowest BCUT2D eigenvalue weighted by atomic mass is 9.69. The second kappa shape index (κ2) is 19.8. The third kappa shape index (κ3) is 12.6. The molecule has 0 saturated carbocycles. The molecule has 0 radical (unpaired) electrons. The fourth-order valence-corrected chi connectivity index (χ4v) is 12.2. The molecule has 0 fully saturated rings. The van der Waals surface area contributed by atoms with E-state index in [-0.39, 0.29) is 32.3 Å². The molecule has 0 heterocycles. The molecule has 6 rings (SSSR count). The van der Waals surface area contributed by atoms with E-state index in [9.17, 15) is 24.1 Å². The quantitative estimate of drug-likeness (QED) is 0.118. The Balaban J connectivity index is 2.25. The molecule has 0 amide bonds. The van der Waals surface area contributed by atoms with E-state index in [4.69, 9.17) is 0 Å². The monoisotopic (exact) mass is 1070 g/mol. The summed E-state index contributed by atoms with van der Waals surface area (Å²) in [6.07, 6.45) is 0. The lowest BCUT2D eigenvalue weighted by molar-refractivity contribution is 0.385. The van der Waals surface area contributed by atoms with Gasteiger partial charge in [-0.3, -0.25) is 9.13 Å². The van der Waals surface area contributed by atoms with Gasteiger partial charge >= 0.3 is 15.2 Å². The average Bonchev–Trinajstić information content (AvgIpc) is 3.24. The molecule has 0 aliphatic heterocycles. The van der Waals surface area contributed by atoms with E-state index in [0.29, 0.717) is 44.5 Å². The summed E-state index contributed by atoms with van der Waals surface area (Å²) < 4.78 is 29.0. The van der Waals surface area contributed by atoms with Crippen LogP contribution in [0.25, 0.3) is 55.6 Å². The fourth-order valence-electron chi connectivity index (χ4n) is 10.6. The Labute approximate surface area is 458 Å². The van der Waals surface area contributed by atoms with Gasteiger partial charge in [-0.25, -0.2) is 0 Å². The smallest absolute Gasteiger partial charge is 0.321 e. The molecular weight excluding hydrogens is 975 g/mol. The first-order valence-electron chi connectivity index (χ1n) is 27.1. The highest BCUT2D eigenvalue weighted by Gasteiger charge is 2.41. The molecule has 76 heavy (non-hydrogen) atoms. The van der Waals surface area contributed by atoms with Gasteiger partial charge in [-0.05, 0) is 144 Å². The molecule has 6 aromatic rings. The Hall–Kier alpha value is -4.38. The molecule has 6 aromatic carbocycles. The van der Waals surface area contributed by atoms with Crippen LogP contribution in [-0.2, 0) is 52.5 Å². The molecule has 0 aromatic heterocycles. The van der Waals surface area contributed by atoms with Gasteiger partial charge in [-0.15, -0.1) is 0 Å². The normalized spacial score (nSPS) is 13.9. The van der Waals surface area contributed by atoms with Crippen molar-refractivity contribution in [2.24, 2.45) is 0 Å². The molecule has 8 heteroatoms. The standard InChI is InChI=1S/C68H92O6P2/c1-61(2,3)42-27-33-47(51(37-42)65(13,14)15)56-55(41-25-31-46(32-26-41)75(69,70)71)57(48-34-28-43(62(4,5)6)38-52(48)66(16,17)18)59(50-36-30-45(64(10,11)12)40-54(50)68(22,23)24)60(76(72,73)74)58(56)49-35-29-44(63(7,8)9)39-53(49)67(19,20)21/h25-40H,1-24H3,(H2,69,70,71)(H2,72,73,74). The molecule has 0 aliphatic carbocycles. The van der Waals surface area contributed by atoms with Crippen LogP contribution in [-0.4, -0.2) is 19.6 Å². The van der Waals surface area contributed by atoms with Crippen molar-refractivity contribution in [2.75, 3.05) is 0 Å². The third-order valence-corrected chi connectivity index (χ3v) is 17.1. The van der Waals surface area contributed by atoms with E-state index in [1.54, 1.807) is 12.1 Å². The van der Waals surface area contributed by atoms with Crippen molar-refractivity contribution in [3.8, 4) is 55.6 Å². The van der Waals surface area contributed by atoms with Crippen molar-refractivity contribution >= 4 is 25.8 Å². The highest BCUT2D eigenvalue weighted by atomic mass is 31.2. The summed E-state index contributed by atoms with van der Waals surface area (Å²) in [6.45, 7) is 52.5. The Kier molecular flexibility index (Phi) is 15.8. The third-order valence-electron chi connectivity index (χ3n) is 15.1. The fraction of sp³-hybridized carbons (Fsp3) is 0.471. The first-order valence-corrected chi connectivity index (χ1v) is 30.4. The van der Waals surface area contributed by atoms with Crippen molar-refractivity contribution in [1.82, 2.24) is 0 Å². The van der Waals surface area contributed by atoms with Crippen LogP contribution in [0.4, 0.5) is 0 Å². The van der Waals surface area contributed by atoms with Gasteiger partial charge in [0.05, 0.1) is 10.6 Å². The highest BCUT2D eigenvalue weighted by molar-refractivity contribution is 7.61. The maximum absolute atomic E-state index is 15.9. The lowest BCUT2D eigenvalue weighted by Crippen LogP contribution is -2.24. The Morgan fingerprint density at radius 2 is 0.513 bits per heavy atom. The van der Waals surface area contributed by atoms with Crippen LogP contribution in [0.15, 0.2) is 97.1 Å². The minimum absolute atomic E-state index is 0.0596. The Morgan fingerprint density at radius 3 is 0.711 bits per heavy atom. The summed E-state index contributed by atoms with van der Waals surface area (Å²) in [4.78, 5) is 47.2. The van der Waals surface area contributed by atoms with Gasteiger partial charge in [-0.1, -0.05) is 251 Å². The second-order valence-electron chi connectivity index (χ2n) is 29.9. The lowest BCUT2D eigenvalue weighted by Gasteiger charge is -2.36. The molecule has 0 atom stereocenters. The zero-order valence-electron chi connectivity index (χ0n) is 50.7. The van der Waals surface area contributed by atoms with E-state index in [1.807, 2.05) is 0 Å². The van der Waals surface area contributed by atoms with E-state index in [0.717, 1.165) is 55.6 Å². The van der Waals surface area contributed by atoms with Crippen molar-refractivity contribution in [3.05, 3.63) is 142 Å². The minimum Gasteiger partial charge on any atom is -0.321 e. The zero-order valence-corrected chi connectivity index (χ0v) is 52.5. The van der Waals surface area contributed by atoms with Crippen LogP contribution >= 0.6 is 15.2 Å². The van der Waals surface area contributed by atoms with Crippen LogP contribution < -0.4 is 10.6 Å². The van der Waals surface area contributed by atoms with E-state index >= 15 is 4.57 Å². The average molecular weight is 1070 g/mol. The van der Waals surface area contributed by atoms with Gasteiger partial charge in [0.15, 0.2) is 0 Å². The van der Waals surface area contributed by atoms with Crippen LogP contribution in [0.2, 0.25) is 0 Å². The van der Waals surface area contributed by atoms with Crippen LogP contribution in [0, 0.1) is 0 Å². The molecule has 410 valence electrons. The first kappa shape index (κ1) is 60.8. The molecule has 0 saturated heterocycles. The van der Waals surface area contributed by atoms with Crippen molar-refractivity contribution < 1.29 is 28.7 Å². The molecular formula is C68H92O6P2. The van der Waals surface area contributed by atoms with Gasteiger partial charge in [0.1, 0.15) is 0 Å². The largest absolute Gasteiger partial charge is 0.357 e. The van der Waals surface area contributed by atoms with E-state index < -0.39 is 36.9 Å². The summed E-state index contributed by atoms with van der Waals surface area (Å²) in [5.41, 5.74) is 11.8. The zero-order chi connectivity index (χ0) is 57.9. The predicted molar refractivity (Wildman–Crippen MR) is 327 cm³/mol. The van der Waals surface area contributed by atoms with Gasteiger partial charge in [0.25, 0.3) is 0 Å². The molecule has 4 N–H and O–H groups in total. The van der Waals surface area contributed by atoms with Gasteiger partial charge < -0.3 is 19.6 Å². The maximum Gasteiger partial charge on any atom is 0.357 e. The summed E-state index contributed by atoms with van der Waals surface area (Å²) in [5.74, 6) is 0. The highest BCUT2D eigenvalue weighted by Crippen LogP contribution is 2.59. The Morgan fingerprint density at radius 1 is 0.276 bits per heavy atom. The minimum atomic E-state index is -5.38. The van der Waals surface area contributed by atoms with E-state index in [1.165, 1.54) is 12.1 Å². The van der Waals surface area contributed by atoms with Crippen LogP contribution in [0.5, 0.6) is 0 Å². The molecule has 0 bridgehead atoms. The number of rotatable bonds is 7. The Bertz CT molecular complexity index is 3110. The summed E-state index contributed by atoms with van der Waals surface area (Å²) >= 11 is 0. The molecule has 0 spiro atoms. The molecule has 0 aliphatic rings. The number of hydrogen-bond donors (Lipinski definition) is 4. The predicted octanol–water partition coefficient (Wildman–Crippen LogP) is 18.0. The van der Waals surface area contributed by atoms with Crippen molar-refractivity contribution in [2.45, 2.75) is 209 Å². The van der Waals surface area contributed by atoms with Crippen molar-refractivity contribution in [3.63, 3.8) is 0 Å². The maximum atomic E-state index is 15.9. The second-order valence-corrected chi connectivity index (χ2v) is 33.0. The van der Waals surface area contributed by atoms with Gasteiger partial charge in [0.2, 0.25) is 0 Å².